The van der Waals surface area contributed by atoms with E-state index in [0.717, 1.165) is 9.35 Å². The fraction of sp³-hybridized carbons (Fsp3) is 0.267. The lowest BCUT2D eigenvalue weighted by Crippen LogP contribution is -2.43. The number of carbonyl (C=O) groups excluding carboxylic acids is 3. The first-order chi connectivity index (χ1) is 11.4. The number of hydrogen-bond acceptors (Lipinski definition) is 4. The molecule has 0 aliphatic carbocycles. The Kier molecular flexibility index (Phi) is 6.16. The Bertz CT molecular complexity index is 742. The van der Waals surface area contributed by atoms with Gasteiger partial charge >= 0.3 is 0 Å². The molecule has 7 nitrogen and oxygen atoms in total. The Balaban J connectivity index is 1.92. The van der Waals surface area contributed by atoms with Crippen LogP contribution in [0, 0.1) is 0 Å². The van der Waals surface area contributed by atoms with Gasteiger partial charge in [-0.3, -0.25) is 25.2 Å². The van der Waals surface area contributed by atoms with Crippen molar-refractivity contribution in [2.45, 2.75) is 19.4 Å². The van der Waals surface area contributed by atoms with E-state index in [9.17, 15) is 14.4 Å². The van der Waals surface area contributed by atoms with E-state index in [0.29, 0.717) is 5.69 Å². The van der Waals surface area contributed by atoms with Gasteiger partial charge in [0, 0.05) is 29.5 Å². The minimum absolute atomic E-state index is 0.0250. The van der Waals surface area contributed by atoms with Crippen molar-refractivity contribution in [1.82, 2.24) is 20.7 Å². The van der Waals surface area contributed by atoms with Crippen molar-refractivity contribution in [3.05, 3.63) is 44.8 Å². The van der Waals surface area contributed by atoms with Crippen LogP contribution in [0.15, 0.2) is 34.2 Å². The lowest BCUT2D eigenvalue weighted by molar-refractivity contribution is -0.123. The molecule has 0 fully saturated rings. The predicted octanol–water partition coefficient (Wildman–Crippen LogP) is 1.88. The van der Waals surface area contributed by atoms with Gasteiger partial charge in [-0.15, -0.1) is 11.3 Å². The molecule has 2 aromatic rings. The first-order valence-corrected chi connectivity index (χ1v) is 8.75. The van der Waals surface area contributed by atoms with Gasteiger partial charge in [0.15, 0.2) is 0 Å². The number of amides is 3. The second-order valence-corrected chi connectivity index (χ2v) is 7.02. The van der Waals surface area contributed by atoms with E-state index < -0.39 is 17.9 Å². The summed E-state index contributed by atoms with van der Waals surface area (Å²) in [6.45, 7) is 1.40. The van der Waals surface area contributed by atoms with Gasteiger partial charge in [0.2, 0.25) is 11.8 Å². The van der Waals surface area contributed by atoms with Crippen molar-refractivity contribution in [2.75, 3.05) is 0 Å². The van der Waals surface area contributed by atoms with E-state index in [1.807, 2.05) is 17.5 Å². The maximum Gasteiger partial charge on any atom is 0.286 e. The molecule has 128 valence electrons. The van der Waals surface area contributed by atoms with E-state index in [2.05, 4.69) is 32.1 Å². The van der Waals surface area contributed by atoms with Gasteiger partial charge in [-0.2, -0.15) is 0 Å². The fourth-order valence-corrected chi connectivity index (χ4v) is 3.44. The van der Waals surface area contributed by atoms with Crippen LogP contribution in [0.25, 0.3) is 0 Å². The number of hydrazine groups is 1. The molecule has 2 rings (SSSR count). The smallest absolute Gasteiger partial charge is 0.286 e. The van der Waals surface area contributed by atoms with Crippen LogP contribution < -0.4 is 16.2 Å². The number of aromatic nitrogens is 1. The number of halogens is 1. The molecular weight excluding hydrogens is 396 g/mol. The third-order valence-corrected chi connectivity index (χ3v) is 4.59. The quantitative estimate of drug-likeness (QED) is 0.654. The summed E-state index contributed by atoms with van der Waals surface area (Å²) < 4.78 is 2.40. The molecule has 3 amide bonds. The van der Waals surface area contributed by atoms with Gasteiger partial charge in [-0.05, 0) is 33.4 Å². The van der Waals surface area contributed by atoms with Crippen molar-refractivity contribution in [1.29, 1.82) is 0 Å². The minimum atomic E-state index is -0.427. The Hall–Kier alpha value is -2.13. The van der Waals surface area contributed by atoms with E-state index in [4.69, 9.17) is 0 Å². The molecule has 0 saturated carbocycles. The molecule has 24 heavy (non-hydrogen) atoms. The van der Waals surface area contributed by atoms with Gasteiger partial charge in [-0.25, -0.2) is 0 Å². The van der Waals surface area contributed by atoms with Gasteiger partial charge in [0.05, 0.1) is 12.5 Å². The molecule has 1 atom stereocenters. The number of hydrogen-bond donors (Lipinski definition) is 3. The fourth-order valence-electron chi connectivity index (χ4n) is 2.13. The van der Waals surface area contributed by atoms with Crippen LogP contribution in [-0.4, -0.2) is 22.3 Å². The van der Waals surface area contributed by atoms with Gasteiger partial charge in [0.1, 0.15) is 5.69 Å². The van der Waals surface area contributed by atoms with Crippen LogP contribution in [0.5, 0.6) is 0 Å². The van der Waals surface area contributed by atoms with Crippen LogP contribution in [0.2, 0.25) is 0 Å². The maximum absolute atomic E-state index is 12.1. The summed E-state index contributed by atoms with van der Waals surface area (Å²) in [5, 5.41) is 4.60. The number of rotatable bonds is 5. The van der Waals surface area contributed by atoms with E-state index in [1.54, 1.807) is 23.9 Å². The zero-order valence-electron chi connectivity index (χ0n) is 13.1. The van der Waals surface area contributed by atoms with E-state index in [-0.39, 0.29) is 12.3 Å². The van der Waals surface area contributed by atoms with Crippen LogP contribution in [-0.2, 0) is 16.6 Å². The summed E-state index contributed by atoms with van der Waals surface area (Å²) in [4.78, 5) is 36.3. The molecule has 0 spiro atoms. The van der Waals surface area contributed by atoms with Crippen LogP contribution in [0.1, 0.15) is 34.8 Å². The highest BCUT2D eigenvalue weighted by Gasteiger charge is 2.19. The van der Waals surface area contributed by atoms with Crippen LogP contribution >= 0.6 is 27.3 Å². The highest BCUT2D eigenvalue weighted by atomic mass is 79.9. The van der Waals surface area contributed by atoms with Gasteiger partial charge < -0.3 is 9.88 Å². The molecule has 3 N–H and O–H groups in total. The van der Waals surface area contributed by atoms with Crippen molar-refractivity contribution < 1.29 is 14.4 Å². The number of carbonyl (C=O) groups is 3. The third kappa shape index (κ3) is 4.93. The normalized spacial score (nSPS) is 11.6. The molecular formula is C15H17BrN4O3S. The number of nitrogens with zero attached hydrogens (tertiary/aromatic N) is 1. The molecule has 2 heterocycles. The largest absolute Gasteiger partial charge is 0.348 e. The van der Waals surface area contributed by atoms with Crippen LogP contribution in [0.4, 0.5) is 0 Å². The van der Waals surface area contributed by atoms with Crippen LogP contribution in [0.3, 0.4) is 0 Å². The molecule has 1 unspecified atom stereocenters. The number of nitrogens with one attached hydrogen (secondary N) is 3. The highest BCUT2D eigenvalue weighted by Crippen LogP contribution is 2.21. The SMILES string of the molecule is CC(=O)NC(CC(=O)NNC(=O)c1cc(Br)cn1C)c1cccs1. The average Bonchev–Trinajstić information content (AvgIpc) is 3.13. The molecule has 2 aromatic heterocycles. The Labute approximate surface area is 151 Å². The second-order valence-electron chi connectivity index (χ2n) is 5.13. The zero-order valence-corrected chi connectivity index (χ0v) is 15.5. The topological polar surface area (TPSA) is 92.2 Å². The summed E-state index contributed by atoms with van der Waals surface area (Å²) in [6.07, 6.45) is 1.76. The van der Waals surface area contributed by atoms with Gasteiger partial charge in [0.25, 0.3) is 5.91 Å². The van der Waals surface area contributed by atoms with E-state index >= 15 is 0 Å². The lowest BCUT2D eigenvalue weighted by atomic mass is 10.1. The first-order valence-electron chi connectivity index (χ1n) is 7.08. The monoisotopic (exact) mass is 412 g/mol. The van der Waals surface area contributed by atoms with E-state index in [1.165, 1.54) is 18.3 Å². The average molecular weight is 413 g/mol. The summed E-state index contributed by atoms with van der Waals surface area (Å²) in [5.74, 6) is -1.05. The van der Waals surface area contributed by atoms with Crippen molar-refractivity contribution in [3.8, 4) is 0 Å². The second kappa shape index (κ2) is 8.11. The number of aryl methyl sites for hydroxylation is 1. The Morgan fingerprint density at radius 1 is 1.33 bits per heavy atom. The molecule has 9 heteroatoms. The molecule has 0 bridgehead atoms. The minimum Gasteiger partial charge on any atom is -0.348 e. The third-order valence-electron chi connectivity index (χ3n) is 3.17. The molecule has 0 aromatic carbocycles. The summed E-state index contributed by atoms with van der Waals surface area (Å²) in [7, 11) is 1.73. The van der Waals surface area contributed by atoms with Crippen molar-refractivity contribution >= 4 is 45.0 Å². The Morgan fingerprint density at radius 3 is 2.62 bits per heavy atom. The van der Waals surface area contributed by atoms with Gasteiger partial charge in [-0.1, -0.05) is 6.07 Å². The Morgan fingerprint density at radius 2 is 2.08 bits per heavy atom. The summed E-state index contributed by atoms with van der Waals surface area (Å²) in [5.41, 5.74) is 5.14. The predicted molar refractivity (Wildman–Crippen MR) is 94.2 cm³/mol. The first kappa shape index (κ1) is 18.2. The maximum atomic E-state index is 12.1. The molecule has 0 aliphatic heterocycles. The summed E-state index contributed by atoms with van der Waals surface area (Å²) >= 11 is 4.73. The standard InChI is InChI=1S/C15H17BrN4O3S/c1-9(21)17-11(13-4-3-5-24-13)7-14(22)18-19-15(23)12-6-10(16)8-20(12)2/h3-6,8,11H,7H2,1-2H3,(H,17,21)(H,18,22)(H,19,23). The summed E-state index contributed by atoms with van der Waals surface area (Å²) in [6, 6.07) is 4.91. The zero-order chi connectivity index (χ0) is 17.7. The highest BCUT2D eigenvalue weighted by molar-refractivity contribution is 9.10. The molecule has 0 aliphatic rings. The number of thiophene rings is 1. The van der Waals surface area contributed by atoms with Crippen molar-refractivity contribution in [3.63, 3.8) is 0 Å². The molecule has 0 saturated heterocycles. The lowest BCUT2D eigenvalue weighted by Gasteiger charge is -2.16. The molecule has 0 radical (unpaired) electrons. The van der Waals surface area contributed by atoms with Crippen molar-refractivity contribution in [2.24, 2.45) is 7.05 Å².